The van der Waals surface area contributed by atoms with E-state index in [0.717, 1.165) is 29.9 Å². The van der Waals surface area contributed by atoms with Crippen LogP contribution in [0, 0.1) is 0 Å². The van der Waals surface area contributed by atoms with Crippen LogP contribution in [0.5, 0.6) is 11.5 Å². The number of fused-ring (bicyclic) bond motifs is 1. The summed E-state index contributed by atoms with van der Waals surface area (Å²) < 4.78 is 11.1. The molecule has 0 spiro atoms. The second-order valence-corrected chi connectivity index (χ2v) is 5.02. The van der Waals surface area contributed by atoms with Gasteiger partial charge in [0.05, 0.1) is 7.11 Å². The standard InChI is InChI=1S/C17H18O3/c1-19-13-6-4-7-14(11-13)20-16-10-9-12-5-2-3-8-15(12)17(16)18/h2-8,11,16-18H,9-10H2,1H3. The second-order valence-electron chi connectivity index (χ2n) is 5.02. The van der Waals surface area contributed by atoms with Crippen LogP contribution in [-0.4, -0.2) is 18.3 Å². The molecule has 1 N–H and O–H groups in total. The maximum absolute atomic E-state index is 10.5. The van der Waals surface area contributed by atoms with E-state index in [9.17, 15) is 5.11 Å². The summed E-state index contributed by atoms with van der Waals surface area (Å²) in [6, 6.07) is 15.5. The average Bonchev–Trinajstić information content (AvgIpc) is 2.50. The van der Waals surface area contributed by atoms with Crippen LogP contribution in [0.3, 0.4) is 0 Å². The molecular formula is C17H18O3. The highest BCUT2D eigenvalue weighted by molar-refractivity contribution is 5.35. The Bertz CT molecular complexity index is 594. The van der Waals surface area contributed by atoms with E-state index < -0.39 is 6.10 Å². The minimum absolute atomic E-state index is 0.211. The van der Waals surface area contributed by atoms with E-state index in [1.807, 2.05) is 42.5 Å². The van der Waals surface area contributed by atoms with Gasteiger partial charge in [-0.3, -0.25) is 0 Å². The molecule has 0 bridgehead atoms. The Morgan fingerprint density at radius 1 is 1.05 bits per heavy atom. The predicted molar refractivity (Wildman–Crippen MR) is 77.1 cm³/mol. The summed E-state index contributed by atoms with van der Waals surface area (Å²) in [6.45, 7) is 0. The SMILES string of the molecule is COc1cccc(OC2CCc3ccccc3C2O)c1. The minimum atomic E-state index is -0.578. The van der Waals surface area contributed by atoms with Crippen LogP contribution >= 0.6 is 0 Å². The zero-order valence-corrected chi connectivity index (χ0v) is 11.5. The molecule has 0 saturated carbocycles. The molecule has 1 aliphatic carbocycles. The van der Waals surface area contributed by atoms with Crippen molar-refractivity contribution in [3.8, 4) is 11.5 Å². The quantitative estimate of drug-likeness (QED) is 0.931. The van der Waals surface area contributed by atoms with E-state index in [4.69, 9.17) is 9.47 Å². The van der Waals surface area contributed by atoms with Crippen molar-refractivity contribution < 1.29 is 14.6 Å². The molecule has 2 atom stereocenters. The lowest BCUT2D eigenvalue weighted by Gasteiger charge is -2.30. The largest absolute Gasteiger partial charge is 0.497 e. The molecule has 0 saturated heterocycles. The van der Waals surface area contributed by atoms with Gasteiger partial charge in [-0.25, -0.2) is 0 Å². The van der Waals surface area contributed by atoms with Crippen molar-refractivity contribution in [3.05, 3.63) is 59.7 Å². The van der Waals surface area contributed by atoms with Crippen LogP contribution in [0.15, 0.2) is 48.5 Å². The predicted octanol–water partition coefficient (Wildman–Crippen LogP) is 3.12. The van der Waals surface area contributed by atoms with Crippen molar-refractivity contribution in [2.45, 2.75) is 25.0 Å². The third kappa shape index (κ3) is 2.49. The second kappa shape index (κ2) is 5.55. The van der Waals surface area contributed by atoms with Crippen LogP contribution in [0.4, 0.5) is 0 Å². The normalized spacial score (nSPS) is 21.1. The van der Waals surface area contributed by atoms with E-state index in [0.29, 0.717) is 0 Å². The molecule has 20 heavy (non-hydrogen) atoms. The number of aliphatic hydroxyl groups is 1. The zero-order valence-electron chi connectivity index (χ0n) is 11.5. The van der Waals surface area contributed by atoms with Crippen molar-refractivity contribution in [2.75, 3.05) is 7.11 Å². The Morgan fingerprint density at radius 2 is 1.85 bits per heavy atom. The average molecular weight is 270 g/mol. The number of benzene rings is 2. The fourth-order valence-corrected chi connectivity index (χ4v) is 2.68. The van der Waals surface area contributed by atoms with Gasteiger partial charge >= 0.3 is 0 Å². The van der Waals surface area contributed by atoms with E-state index in [2.05, 4.69) is 6.07 Å². The summed E-state index contributed by atoms with van der Waals surface area (Å²) in [5, 5.41) is 10.5. The Labute approximate surface area is 118 Å². The molecule has 104 valence electrons. The van der Waals surface area contributed by atoms with Gasteiger partial charge in [0.1, 0.15) is 23.7 Å². The monoisotopic (exact) mass is 270 g/mol. The number of methoxy groups -OCH3 is 1. The van der Waals surface area contributed by atoms with Crippen LogP contribution in [-0.2, 0) is 6.42 Å². The number of ether oxygens (including phenoxy) is 2. The molecule has 0 heterocycles. The molecule has 0 amide bonds. The first kappa shape index (κ1) is 13.0. The topological polar surface area (TPSA) is 38.7 Å². The first-order chi connectivity index (χ1) is 9.78. The Hall–Kier alpha value is -2.00. The van der Waals surface area contributed by atoms with Crippen LogP contribution in [0.25, 0.3) is 0 Å². The van der Waals surface area contributed by atoms with Gasteiger partial charge in [0.15, 0.2) is 0 Å². The molecular weight excluding hydrogens is 252 g/mol. The maximum Gasteiger partial charge on any atom is 0.129 e. The summed E-state index contributed by atoms with van der Waals surface area (Å²) in [4.78, 5) is 0. The smallest absolute Gasteiger partial charge is 0.129 e. The third-order valence-corrected chi connectivity index (χ3v) is 3.75. The van der Waals surface area contributed by atoms with Crippen molar-refractivity contribution >= 4 is 0 Å². The highest BCUT2D eigenvalue weighted by Crippen LogP contribution is 2.33. The summed E-state index contributed by atoms with van der Waals surface area (Å²) >= 11 is 0. The minimum Gasteiger partial charge on any atom is -0.497 e. The van der Waals surface area contributed by atoms with Gasteiger partial charge in [-0.15, -0.1) is 0 Å². The van der Waals surface area contributed by atoms with Gasteiger partial charge < -0.3 is 14.6 Å². The summed E-state index contributed by atoms with van der Waals surface area (Å²) in [6.07, 6.45) is 0.959. The van der Waals surface area contributed by atoms with E-state index in [1.165, 1.54) is 5.56 Å². The molecule has 0 aromatic heterocycles. The fraction of sp³-hybridized carbons (Fsp3) is 0.294. The van der Waals surface area contributed by atoms with E-state index in [-0.39, 0.29) is 6.10 Å². The van der Waals surface area contributed by atoms with Crippen LogP contribution in [0.2, 0.25) is 0 Å². The Morgan fingerprint density at radius 3 is 2.70 bits per heavy atom. The number of aliphatic hydroxyl groups excluding tert-OH is 1. The van der Waals surface area contributed by atoms with Gasteiger partial charge in [-0.2, -0.15) is 0 Å². The van der Waals surface area contributed by atoms with Gasteiger partial charge in [0, 0.05) is 6.07 Å². The van der Waals surface area contributed by atoms with Crippen LogP contribution < -0.4 is 9.47 Å². The lowest BCUT2D eigenvalue weighted by atomic mass is 9.87. The molecule has 3 heteroatoms. The number of hydrogen-bond acceptors (Lipinski definition) is 3. The van der Waals surface area contributed by atoms with Crippen molar-refractivity contribution in [1.29, 1.82) is 0 Å². The van der Waals surface area contributed by atoms with Gasteiger partial charge in [0.25, 0.3) is 0 Å². The molecule has 3 nitrogen and oxygen atoms in total. The fourth-order valence-electron chi connectivity index (χ4n) is 2.68. The van der Waals surface area contributed by atoms with E-state index in [1.54, 1.807) is 7.11 Å². The molecule has 2 unspecified atom stereocenters. The lowest BCUT2D eigenvalue weighted by Crippen LogP contribution is -2.30. The van der Waals surface area contributed by atoms with Crippen molar-refractivity contribution in [2.24, 2.45) is 0 Å². The van der Waals surface area contributed by atoms with Crippen molar-refractivity contribution in [1.82, 2.24) is 0 Å². The third-order valence-electron chi connectivity index (χ3n) is 3.75. The summed E-state index contributed by atoms with van der Waals surface area (Å²) in [5.74, 6) is 1.49. The van der Waals surface area contributed by atoms with Gasteiger partial charge in [-0.05, 0) is 36.1 Å². The maximum atomic E-state index is 10.5. The molecule has 0 aliphatic heterocycles. The van der Waals surface area contributed by atoms with Gasteiger partial charge in [-0.1, -0.05) is 30.3 Å². The number of hydrogen-bond donors (Lipinski definition) is 1. The number of rotatable bonds is 3. The molecule has 1 aliphatic rings. The number of aryl methyl sites for hydroxylation is 1. The molecule has 2 aromatic rings. The van der Waals surface area contributed by atoms with Gasteiger partial charge in [0.2, 0.25) is 0 Å². The molecule has 3 rings (SSSR count). The molecule has 0 radical (unpaired) electrons. The zero-order chi connectivity index (χ0) is 13.9. The van der Waals surface area contributed by atoms with Crippen molar-refractivity contribution in [3.63, 3.8) is 0 Å². The Kier molecular flexibility index (Phi) is 3.61. The highest BCUT2D eigenvalue weighted by Gasteiger charge is 2.29. The molecule has 2 aromatic carbocycles. The van der Waals surface area contributed by atoms with E-state index >= 15 is 0 Å². The first-order valence-electron chi connectivity index (χ1n) is 6.84. The molecule has 0 fully saturated rings. The summed E-state index contributed by atoms with van der Waals surface area (Å²) in [5.41, 5.74) is 2.19. The first-order valence-corrected chi connectivity index (χ1v) is 6.84. The van der Waals surface area contributed by atoms with Crippen LogP contribution in [0.1, 0.15) is 23.7 Å². The summed E-state index contributed by atoms with van der Waals surface area (Å²) in [7, 11) is 1.63. The lowest BCUT2D eigenvalue weighted by molar-refractivity contribution is 0.0229. The Balaban J connectivity index is 1.79. The highest BCUT2D eigenvalue weighted by atomic mass is 16.5.